The molecule has 1 aliphatic rings. The number of nitrogens with one attached hydrogen (secondary N) is 1. The van der Waals surface area contributed by atoms with Crippen molar-refractivity contribution in [1.82, 2.24) is 5.32 Å². The van der Waals surface area contributed by atoms with E-state index in [9.17, 15) is 13.5 Å². The molecule has 1 aromatic carbocycles. The molecule has 4 nitrogen and oxygen atoms in total. The van der Waals surface area contributed by atoms with Gasteiger partial charge in [0.15, 0.2) is 9.84 Å². The molecule has 1 aromatic rings. The highest BCUT2D eigenvalue weighted by molar-refractivity contribution is 7.91. The highest BCUT2D eigenvalue weighted by Crippen LogP contribution is 2.25. The van der Waals surface area contributed by atoms with Gasteiger partial charge >= 0.3 is 0 Å². The molecule has 1 aliphatic carbocycles. The zero-order valence-electron chi connectivity index (χ0n) is 11.2. The van der Waals surface area contributed by atoms with Crippen LogP contribution in [0.2, 0.25) is 0 Å². The third-order valence-electron chi connectivity index (χ3n) is 3.76. The summed E-state index contributed by atoms with van der Waals surface area (Å²) in [6.45, 7) is 0.765. The maximum atomic E-state index is 11.6. The van der Waals surface area contributed by atoms with Crippen molar-refractivity contribution in [3.63, 3.8) is 0 Å². The van der Waals surface area contributed by atoms with E-state index in [1.165, 1.54) is 6.26 Å². The first kappa shape index (κ1) is 14.3. The number of rotatable bonds is 5. The van der Waals surface area contributed by atoms with Gasteiger partial charge in [-0.05, 0) is 43.5 Å². The van der Waals surface area contributed by atoms with Crippen LogP contribution in [0.3, 0.4) is 0 Å². The van der Waals surface area contributed by atoms with E-state index in [0.29, 0.717) is 0 Å². The van der Waals surface area contributed by atoms with Gasteiger partial charge in [-0.3, -0.25) is 0 Å². The molecule has 0 saturated heterocycles. The van der Waals surface area contributed by atoms with Gasteiger partial charge in [-0.1, -0.05) is 18.6 Å². The maximum absolute atomic E-state index is 11.6. The van der Waals surface area contributed by atoms with Crippen LogP contribution in [0, 0.1) is 0 Å². The molecule has 2 atom stereocenters. The molecule has 0 spiro atoms. The van der Waals surface area contributed by atoms with E-state index in [0.717, 1.165) is 37.8 Å². The minimum Gasteiger partial charge on any atom is -0.508 e. The van der Waals surface area contributed by atoms with Crippen LogP contribution in [0.5, 0.6) is 5.75 Å². The molecular formula is C14H21NO3S. The smallest absolute Gasteiger partial charge is 0.151 e. The number of benzene rings is 1. The van der Waals surface area contributed by atoms with E-state index in [1.54, 1.807) is 12.1 Å². The molecule has 1 saturated carbocycles. The second-order valence-electron chi connectivity index (χ2n) is 5.28. The first-order valence-electron chi connectivity index (χ1n) is 6.67. The van der Waals surface area contributed by atoms with E-state index in [2.05, 4.69) is 5.32 Å². The quantitative estimate of drug-likeness (QED) is 0.859. The molecule has 0 bridgehead atoms. The summed E-state index contributed by atoms with van der Waals surface area (Å²) in [5, 5.41) is 12.3. The number of aromatic hydroxyl groups is 1. The van der Waals surface area contributed by atoms with E-state index in [4.69, 9.17) is 0 Å². The molecule has 0 amide bonds. The summed E-state index contributed by atoms with van der Waals surface area (Å²) in [7, 11) is -2.95. The fourth-order valence-corrected chi connectivity index (χ4v) is 4.16. The second kappa shape index (κ2) is 5.92. The highest BCUT2D eigenvalue weighted by atomic mass is 32.2. The fourth-order valence-electron chi connectivity index (χ4n) is 2.74. The molecule has 2 N–H and O–H groups in total. The number of hydrogen-bond donors (Lipinski definition) is 2. The van der Waals surface area contributed by atoms with Crippen molar-refractivity contribution < 1.29 is 13.5 Å². The zero-order valence-corrected chi connectivity index (χ0v) is 12.0. The third-order valence-corrected chi connectivity index (χ3v) is 5.42. The Labute approximate surface area is 114 Å². The Morgan fingerprint density at radius 3 is 2.58 bits per heavy atom. The van der Waals surface area contributed by atoms with Crippen LogP contribution in [0.1, 0.15) is 24.8 Å². The van der Waals surface area contributed by atoms with Crippen LogP contribution in [0.15, 0.2) is 24.3 Å². The van der Waals surface area contributed by atoms with Crippen molar-refractivity contribution in [2.75, 3.05) is 12.8 Å². The minimum atomic E-state index is -2.95. The summed E-state index contributed by atoms with van der Waals surface area (Å²) in [4.78, 5) is 0. The standard InChI is InChI=1S/C14H21NO3S/c1-19(17,18)14-4-2-3-13(14)15-10-9-11-5-7-12(16)8-6-11/h5-8,13-16H,2-4,9-10H2,1H3. The lowest BCUT2D eigenvalue weighted by molar-refractivity contribution is 0.474. The van der Waals surface area contributed by atoms with Crippen molar-refractivity contribution in [1.29, 1.82) is 0 Å². The van der Waals surface area contributed by atoms with Gasteiger partial charge in [0.1, 0.15) is 5.75 Å². The van der Waals surface area contributed by atoms with Crippen LogP contribution in [0.25, 0.3) is 0 Å². The topological polar surface area (TPSA) is 66.4 Å². The van der Waals surface area contributed by atoms with Crippen molar-refractivity contribution >= 4 is 9.84 Å². The van der Waals surface area contributed by atoms with Gasteiger partial charge in [-0.15, -0.1) is 0 Å². The maximum Gasteiger partial charge on any atom is 0.151 e. The van der Waals surface area contributed by atoms with Gasteiger partial charge in [0, 0.05) is 12.3 Å². The minimum absolute atomic E-state index is 0.0899. The summed E-state index contributed by atoms with van der Waals surface area (Å²) < 4.78 is 23.3. The van der Waals surface area contributed by atoms with Crippen molar-refractivity contribution in [2.45, 2.75) is 37.0 Å². The second-order valence-corrected chi connectivity index (χ2v) is 7.54. The summed E-state index contributed by atoms with van der Waals surface area (Å²) in [5.74, 6) is 0.268. The molecule has 0 heterocycles. The normalized spacial score (nSPS) is 23.6. The molecule has 0 aromatic heterocycles. The molecule has 1 fully saturated rings. The Morgan fingerprint density at radius 1 is 1.26 bits per heavy atom. The molecule has 2 unspecified atom stereocenters. The summed E-state index contributed by atoms with van der Waals surface area (Å²) >= 11 is 0. The Morgan fingerprint density at radius 2 is 1.95 bits per heavy atom. The first-order chi connectivity index (χ1) is 8.97. The fraction of sp³-hybridized carbons (Fsp3) is 0.571. The van der Waals surface area contributed by atoms with E-state index < -0.39 is 9.84 Å². The third kappa shape index (κ3) is 3.94. The monoisotopic (exact) mass is 283 g/mol. The lowest BCUT2D eigenvalue weighted by Gasteiger charge is -2.19. The van der Waals surface area contributed by atoms with Gasteiger partial charge in [-0.2, -0.15) is 0 Å². The van der Waals surface area contributed by atoms with Crippen LogP contribution in [-0.4, -0.2) is 37.6 Å². The lowest BCUT2D eigenvalue weighted by Crippen LogP contribution is -2.40. The van der Waals surface area contributed by atoms with Crippen LogP contribution in [0.4, 0.5) is 0 Å². The van der Waals surface area contributed by atoms with E-state index in [-0.39, 0.29) is 17.0 Å². The summed E-state index contributed by atoms with van der Waals surface area (Å²) in [6, 6.07) is 7.21. The first-order valence-corrected chi connectivity index (χ1v) is 8.62. The number of phenols is 1. The molecule has 106 valence electrons. The predicted molar refractivity (Wildman–Crippen MR) is 76.1 cm³/mol. The van der Waals surface area contributed by atoms with Crippen LogP contribution in [-0.2, 0) is 16.3 Å². The van der Waals surface area contributed by atoms with Gasteiger partial charge in [0.25, 0.3) is 0 Å². The molecular weight excluding hydrogens is 262 g/mol. The summed E-state index contributed by atoms with van der Waals surface area (Å²) in [6.07, 6.45) is 4.86. The molecule has 2 rings (SSSR count). The Hall–Kier alpha value is -1.07. The SMILES string of the molecule is CS(=O)(=O)C1CCCC1NCCc1ccc(O)cc1. The average Bonchev–Trinajstić information content (AvgIpc) is 2.80. The zero-order chi connectivity index (χ0) is 13.9. The van der Waals surface area contributed by atoms with Gasteiger partial charge in [0.05, 0.1) is 5.25 Å². The van der Waals surface area contributed by atoms with Crippen LogP contribution < -0.4 is 5.32 Å². The Kier molecular flexibility index (Phi) is 4.47. The van der Waals surface area contributed by atoms with Gasteiger partial charge in [0.2, 0.25) is 0 Å². The number of sulfone groups is 1. The largest absolute Gasteiger partial charge is 0.508 e. The van der Waals surface area contributed by atoms with Crippen LogP contribution >= 0.6 is 0 Å². The average molecular weight is 283 g/mol. The Balaban J connectivity index is 1.84. The van der Waals surface area contributed by atoms with Gasteiger partial charge < -0.3 is 10.4 Å². The number of hydrogen-bond acceptors (Lipinski definition) is 4. The van der Waals surface area contributed by atoms with E-state index in [1.807, 2.05) is 12.1 Å². The van der Waals surface area contributed by atoms with Gasteiger partial charge in [-0.25, -0.2) is 8.42 Å². The van der Waals surface area contributed by atoms with Crippen molar-refractivity contribution in [3.05, 3.63) is 29.8 Å². The summed E-state index contributed by atoms with van der Waals surface area (Å²) in [5.41, 5.74) is 1.14. The molecule has 19 heavy (non-hydrogen) atoms. The molecule has 0 radical (unpaired) electrons. The predicted octanol–water partition coefficient (Wildman–Crippen LogP) is 1.49. The van der Waals surface area contributed by atoms with Crippen molar-refractivity contribution in [2.24, 2.45) is 0 Å². The molecule has 5 heteroatoms. The molecule has 0 aliphatic heterocycles. The van der Waals surface area contributed by atoms with E-state index >= 15 is 0 Å². The number of phenolic OH excluding ortho intramolecular Hbond substituents is 1. The van der Waals surface area contributed by atoms with Crippen molar-refractivity contribution in [3.8, 4) is 5.75 Å². The Bertz CT molecular complexity index is 510. The lowest BCUT2D eigenvalue weighted by atomic mass is 10.1. The highest BCUT2D eigenvalue weighted by Gasteiger charge is 2.34.